The average molecular weight is 630 g/mol. The number of ether oxygens (including phenoxy) is 2. The van der Waals surface area contributed by atoms with Crippen LogP contribution in [0.3, 0.4) is 0 Å². The Morgan fingerprint density at radius 1 is 0.936 bits per heavy atom. The zero-order chi connectivity index (χ0) is 33.2. The summed E-state index contributed by atoms with van der Waals surface area (Å²) in [4.78, 5) is 42.3. The first kappa shape index (κ1) is 35.4. The van der Waals surface area contributed by atoms with Gasteiger partial charge in [-0.1, -0.05) is 30.3 Å². The molecule has 1 aliphatic rings. The fourth-order valence-electron chi connectivity index (χ4n) is 5.70. The van der Waals surface area contributed by atoms with Crippen molar-refractivity contribution in [3.63, 3.8) is 0 Å². The van der Waals surface area contributed by atoms with Crippen LogP contribution in [0, 0.1) is 6.92 Å². The molecule has 1 aromatic heterocycles. The second-order valence-corrected chi connectivity index (χ2v) is 12.5. The maximum atomic E-state index is 13.9. The number of carbonyl (C=O) groups excluding carboxylic acids is 3. The molecular formula is C37H40LiN3O6. The van der Waals surface area contributed by atoms with Crippen LogP contribution in [0.5, 0.6) is 5.75 Å². The molecule has 1 aliphatic heterocycles. The topological polar surface area (TPSA) is 104 Å². The van der Waals surface area contributed by atoms with Crippen molar-refractivity contribution in [2.24, 2.45) is 7.05 Å². The first-order valence-corrected chi connectivity index (χ1v) is 15.5. The van der Waals surface area contributed by atoms with E-state index < -0.39 is 17.7 Å². The van der Waals surface area contributed by atoms with Gasteiger partial charge in [-0.25, -0.2) is 4.79 Å². The quantitative estimate of drug-likeness (QED) is 0.278. The van der Waals surface area contributed by atoms with Gasteiger partial charge in [0.25, 0.3) is 5.91 Å². The number of hydrogen-bond acceptors (Lipinski definition) is 6. The largest absolute Gasteiger partial charge is 1.00 e. The third-order valence-electron chi connectivity index (χ3n) is 8.22. The summed E-state index contributed by atoms with van der Waals surface area (Å²) in [6.07, 6.45) is 0.104. The van der Waals surface area contributed by atoms with Crippen LogP contribution in [-0.4, -0.2) is 46.1 Å². The summed E-state index contributed by atoms with van der Waals surface area (Å²) in [6, 6.07) is 22.5. The van der Waals surface area contributed by atoms with Crippen LogP contribution in [0.1, 0.15) is 70.8 Å². The van der Waals surface area contributed by atoms with Crippen molar-refractivity contribution in [3.05, 3.63) is 106 Å². The first-order valence-electron chi connectivity index (χ1n) is 15.5. The van der Waals surface area contributed by atoms with E-state index in [2.05, 4.69) is 0 Å². The number of aromatic carboxylic acids is 1. The normalized spacial score (nSPS) is 12.5. The van der Waals surface area contributed by atoms with E-state index in [1.807, 2.05) is 107 Å². The van der Waals surface area contributed by atoms with Crippen molar-refractivity contribution in [2.45, 2.75) is 59.8 Å². The Balaban J connectivity index is 0.00000500. The van der Waals surface area contributed by atoms with Gasteiger partial charge in [-0.15, -0.1) is 0 Å². The summed E-state index contributed by atoms with van der Waals surface area (Å²) >= 11 is 0. The van der Waals surface area contributed by atoms with Crippen molar-refractivity contribution >= 4 is 23.7 Å². The van der Waals surface area contributed by atoms with E-state index in [0.29, 0.717) is 54.4 Å². The molecule has 0 atom stereocenters. The molecule has 2 amide bonds. The van der Waals surface area contributed by atoms with Crippen LogP contribution >= 0.6 is 0 Å². The number of carboxylic acids is 1. The molecule has 4 aromatic rings. The van der Waals surface area contributed by atoms with Crippen LogP contribution in [0.25, 0.3) is 11.3 Å². The zero-order valence-electron chi connectivity index (χ0n) is 28.3. The number of benzene rings is 3. The molecule has 0 unspecified atom stereocenters. The molecule has 10 heteroatoms. The van der Waals surface area contributed by atoms with Gasteiger partial charge < -0.3 is 33.7 Å². The van der Waals surface area contributed by atoms with Gasteiger partial charge in [-0.3, -0.25) is 4.79 Å². The number of anilines is 1. The Labute approximate surface area is 288 Å². The molecular weight excluding hydrogens is 589 g/mol. The predicted molar refractivity (Wildman–Crippen MR) is 175 cm³/mol. The van der Waals surface area contributed by atoms with Crippen LogP contribution in [0.2, 0.25) is 0 Å². The summed E-state index contributed by atoms with van der Waals surface area (Å²) in [5, 5.41) is 12.4. The fourth-order valence-corrected chi connectivity index (χ4v) is 5.70. The Morgan fingerprint density at radius 2 is 1.62 bits per heavy atom. The van der Waals surface area contributed by atoms with Crippen LogP contribution < -0.4 is 33.6 Å². The third-order valence-corrected chi connectivity index (χ3v) is 8.22. The number of hydrogen-bond donors (Lipinski definition) is 0. The van der Waals surface area contributed by atoms with E-state index in [4.69, 9.17) is 9.47 Å². The first-order chi connectivity index (χ1) is 21.9. The maximum absolute atomic E-state index is 13.9. The summed E-state index contributed by atoms with van der Waals surface area (Å²) in [5.74, 6) is -0.824. The third kappa shape index (κ3) is 7.93. The fraction of sp³-hybridized carbons (Fsp3) is 0.324. The number of fused-ring (bicyclic) bond motifs is 1. The molecule has 240 valence electrons. The zero-order valence-corrected chi connectivity index (χ0v) is 28.3. The van der Waals surface area contributed by atoms with Crippen LogP contribution in [0.15, 0.2) is 72.8 Å². The van der Waals surface area contributed by atoms with Crippen molar-refractivity contribution in [1.29, 1.82) is 0 Å². The molecule has 0 N–H and O–H groups in total. The summed E-state index contributed by atoms with van der Waals surface area (Å²) in [7, 11) is 1.82. The van der Waals surface area contributed by atoms with Gasteiger partial charge >= 0.3 is 25.0 Å². The summed E-state index contributed by atoms with van der Waals surface area (Å²) < 4.78 is 13.3. The number of aromatic nitrogens is 1. The number of nitrogens with zero attached hydrogens (tertiary/aromatic N) is 3. The molecule has 0 aliphatic carbocycles. The van der Waals surface area contributed by atoms with E-state index >= 15 is 0 Å². The van der Waals surface area contributed by atoms with Crippen LogP contribution in [0.4, 0.5) is 10.5 Å². The van der Waals surface area contributed by atoms with Crippen molar-refractivity contribution in [2.75, 3.05) is 18.0 Å². The van der Waals surface area contributed by atoms with E-state index in [0.717, 1.165) is 22.4 Å². The van der Waals surface area contributed by atoms with Gasteiger partial charge in [0.1, 0.15) is 18.0 Å². The Bertz CT molecular complexity index is 1760. The molecule has 5 rings (SSSR count). The van der Waals surface area contributed by atoms with Gasteiger partial charge in [0.05, 0.1) is 11.5 Å². The Kier molecular flexibility index (Phi) is 11.0. The second-order valence-electron chi connectivity index (χ2n) is 12.5. The number of amides is 2. The number of rotatable bonds is 8. The molecule has 0 fully saturated rings. The van der Waals surface area contributed by atoms with Gasteiger partial charge in [-0.05, 0) is 100 Å². The van der Waals surface area contributed by atoms with E-state index in [1.165, 1.54) is 0 Å². The molecule has 3 aromatic carbocycles. The predicted octanol–water partition coefficient (Wildman–Crippen LogP) is 2.91. The maximum Gasteiger partial charge on any atom is 1.00 e. The summed E-state index contributed by atoms with van der Waals surface area (Å²) in [6.45, 7) is 10.8. The Hall–Kier alpha value is -4.45. The molecule has 0 spiro atoms. The molecule has 2 heterocycles. The monoisotopic (exact) mass is 629 g/mol. The molecule has 9 nitrogen and oxygen atoms in total. The molecule has 0 bridgehead atoms. The summed E-state index contributed by atoms with van der Waals surface area (Å²) in [5.41, 5.74) is 5.08. The smallest absolute Gasteiger partial charge is 0.545 e. The minimum Gasteiger partial charge on any atom is -0.545 e. The van der Waals surface area contributed by atoms with E-state index in [-0.39, 0.29) is 36.9 Å². The van der Waals surface area contributed by atoms with Gasteiger partial charge in [-0.2, -0.15) is 0 Å². The van der Waals surface area contributed by atoms with E-state index in [1.54, 1.807) is 21.9 Å². The molecule has 47 heavy (non-hydrogen) atoms. The van der Waals surface area contributed by atoms with Crippen molar-refractivity contribution < 1.29 is 47.8 Å². The number of carbonyl (C=O) groups is 3. The number of carboxylic acid groups (broad SMARTS) is 1. The van der Waals surface area contributed by atoms with Gasteiger partial charge in [0.15, 0.2) is 0 Å². The average Bonchev–Trinajstić information content (AvgIpc) is 3.33. The van der Waals surface area contributed by atoms with Crippen LogP contribution in [-0.2, 0) is 31.4 Å². The molecule has 0 saturated heterocycles. The van der Waals surface area contributed by atoms with Gasteiger partial charge in [0.2, 0.25) is 0 Å². The minimum absolute atomic E-state index is 0. The second kappa shape index (κ2) is 14.5. The van der Waals surface area contributed by atoms with E-state index in [9.17, 15) is 19.5 Å². The van der Waals surface area contributed by atoms with Crippen molar-refractivity contribution in [3.8, 4) is 17.0 Å². The molecule has 0 radical (unpaired) electrons. The van der Waals surface area contributed by atoms with Gasteiger partial charge in [0, 0.05) is 54.9 Å². The standard InChI is InChI=1S/C37H41N3O6.Li/c1-7-40(28-13-15-29(16-14-28)45-23-25-11-9-8-10-12-25)34(41)30-21-33(38(6)24(30)2)31-19-26-17-18-39(36(44)46-37(3,4)5)22-27(26)20-32(31)35(42)43;/h8-16,19-21H,7,17-18,22-23H2,1-6H3,(H,42,43);/q;+1/p-1. The SMILES string of the molecule is CCN(C(=O)c1cc(-c2cc3c(cc2C(=O)[O-])CN(C(=O)OC(C)(C)C)CC3)n(C)c1C)c1ccc(OCc2ccccc2)cc1.[Li+]. The van der Waals surface area contributed by atoms with Crippen molar-refractivity contribution in [1.82, 2.24) is 9.47 Å². The molecule has 0 saturated carbocycles. The minimum atomic E-state index is -1.33. The Morgan fingerprint density at radius 3 is 2.23 bits per heavy atom.